The Morgan fingerprint density at radius 1 is 0.792 bits per heavy atom. The van der Waals surface area contributed by atoms with Crippen molar-refractivity contribution in [1.29, 1.82) is 0 Å². The zero-order chi connectivity index (χ0) is 18.7. The minimum atomic E-state index is -1.62. The van der Waals surface area contributed by atoms with Crippen molar-refractivity contribution < 1.29 is 43.2 Å². The predicted molar refractivity (Wildman–Crippen MR) is 74.7 cm³/mol. The van der Waals surface area contributed by atoms with Crippen LogP contribution in [0.2, 0.25) is 0 Å². The monoisotopic (exact) mass is 340 g/mol. The number of hydrogen-bond donors (Lipinski definition) is 2. The average Bonchev–Trinajstić information content (AvgIpc) is 2.55. The number of amides is 2. The summed E-state index contributed by atoms with van der Waals surface area (Å²) in [5.41, 5.74) is 4.84. The Kier molecular flexibility index (Phi) is 8.33. The molecular formula is C13H12N2O9. The van der Waals surface area contributed by atoms with Crippen molar-refractivity contribution >= 4 is 29.9 Å². The Balaban J connectivity index is 5.75. The molecule has 2 amide bonds. The molecule has 11 heteroatoms. The van der Waals surface area contributed by atoms with Gasteiger partial charge in [-0.2, -0.15) is 0 Å². The second-order valence-electron chi connectivity index (χ2n) is 3.38. The zero-order valence-corrected chi connectivity index (χ0v) is 12.1. The molecule has 0 spiro atoms. The standard InChI is InChI=1S/C13H12N2O9/c1-4-7(16)21-10(12(19)24-23-9(18)6-3)11(15-13(14)20)22-8(17)5-2/h4-6H,1-3H2,(H3,14,15,20)/b11-10+. The van der Waals surface area contributed by atoms with Gasteiger partial charge >= 0.3 is 29.9 Å². The summed E-state index contributed by atoms with van der Waals surface area (Å²) < 4.78 is 8.99. The molecule has 11 nitrogen and oxygen atoms in total. The third kappa shape index (κ3) is 7.21. The van der Waals surface area contributed by atoms with Gasteiger partial charge in [0.25, 0.3) is 11.6 Å². The molecule has 0 aliphatic heterocycles. The Morgan fingerprint density at radius 2 is 1.29 bits per heavy atom. The maximum Gasteiger partial charge on any atom is 0.426 e. The van der Waals surface area contributed by atoms with Crippen LogP contribution in [0.25, 0.3) is 0 Å². The van der Waals surface area contributed by atoms with Crippen LogP contribution < -0.4 is 11.1 Å². The first-order chi connectivity index (χ1) is 11.2. The molecule has 0 saturated heterocycles. The molecule has 0 aromatic carbocycles. The first-order valence-electron chi connectivity index (χ1n) is 5.79. The Bertz CT molecular complexity index is 633. The van der Waals surface area contributed by atoms with Crippen molar-refractivity contribution in [3.8, 4) is 0 Å². The fraction of sp³-hybridized carbons (Fsp3) is 0. The summed E-state index contributed by atoms with van der Waals surface area (Å²) in [6.45, 7) is 9.20. The molecule has 0 rings (SSSR count). The Labute approximate surface area is 134 Å². The number of hydrogen-bond acceptors (Lipinski definition) is 9. The molecule has 0 aromatic rings. The molecule has 0 aromatic heterocycles. The van der Waals surface area contributed by atoms with Gasteiger partial charge in [0.15, 0.2) is 0 Å². The number of carbonyl (C=O) groups is 5. The zero-order valence-electron chi connectivity index (χ0n) is 12.1. The molecule has 0 aliphatic carbocycles. The third-order valence-corrected chi connectivity index (χ3v) is 1.73. The van der Waals surface area contributed by atoms with Crippen molar-refractivity contribution in [1.82, 2.24) is 5.32 Å². The first-order valence-corrected chi connectivity index (χ1v) is 5.79. The minimum Gasteiger partial charge on any atom is -0.410 e. The highest BCUT2D eigenvalue weighted by atomic mass is 17.2. The molecule has 0 atom stereocenters. The lowest BCUT2D eigenvalue weighted by Crippen LogP contribution is -2.34. The summed E-state index contributed by atoms with van der Waals surface area (Å²) in [5, 5.41) is 1.71. The molecule has 0 saturated carbocycles. The lowest BCUT2D eigenvalue weighted by atomic mass is 10.5. The molecular weight excluding hydrogens is 328 g/mol. The van der Waals surface area contributed by atoms with Crippen molar-refractivity contribution in [3.63, 3.8) is 0 Å². The van der Waals surface area contributed by atoms with E-state index in [9.17, 15) is 24.0 Å². The van der Waals surface area contributed by atoms with Crippen LogP contribution in [0.4, 0.5) is 4.79 Å². The van der Waals surface area contributed by atoms with E-state index in [-0.39, 0.29) is 0 Å². The lowest BCUT2D eigenvalue weighted by Gasteiger charge is -2.12. The fourth-order valence-corrected chi connectivity index (χ4v) is 0.857. The van der Waals surface area contributed by atoms with Crippen molar-refractivity contribution in [2.24, 2.45) is 5.73 Å². The van der Waals surface area contributed by atoms with E-state index in [0.29, 0.717) is 18.2 Å². The van der Waals surface area contributed by atoms with Gasteiger partial charge in [-0.3, -0.25) is 5.32 Å². The number of rotatable bonds is 7. The van der Waals surface area contributed by atoms with Crippen LogP contribution in [-0.2, 0) is 38.4 Å². The first kappa shape index (κ1) is 20.1. The molecule has 0 radical (unpaired) electrons. The van der Waals surface area contributed by atoms with Crippen molar-refractivity contribution in [2.45, 2.75) is 0 Å². The van der Waals surface area contributed by atoms with E-state index in [1.165, 1.54) is 0 Å². The van der Waals surface area contributed by atoms with Gasteiger partial charge in [-0.25, -0.2) is 33.7 Å². The average molecular weight is 340 g/mol. The number of nitrogens with two attached hydrogens (primary N) is 1. The van der Waals surface area contributed by atoms with Crippen molar-refractivity contribution in [3.05, 3.63) is 49.6 Å². The predicted octanol–water partition coefficient (Wildman–Crippen LogP) is -0.530. The fourth-order valence-electron chi connectivity index (χ4n) is 0.857. The Morgan fingerprint density at radius 3 is 1.75 bits per heavy atom. The number of esters is 2. The van der Waals surface area contributed by atoms with Crippen LogP contribution in [0.1, 0.15) is 0 Å². The number of nitrogens with one attached hydrogen (secondary N) is 1. The Hall–Kier alpha value is -3.89. The normalized spacial score (nSPS) is 10.2. The molecule has 0 aliphatic rings. The summed E-state index contributed by atoms with van der Waals surface area (Å²) in [7, 11) is 0. The molecule has 0 fully saturated rings. The van der Waals surface area contributed by atoms with E-state index in [4.69, 9.17) is 5.73 Å². The molecule has 24 heavy (non-hydrogen) atoms. The maximum atomic E-state index is 11.8. The van der Waals surface area contributed by atoms with Gasteiger partial charge in [0, 0.05) is 18.2 Å². The van der Waals surface area contributed by atoms with Gasteiger partial charge in [-0.1, -0.05) is 19.7 Å². The molecule has 0 unspecified atom stereocenters. The topological polar surface area (TPSA) is 160 Å². The van der Waals surface area contributed by atoms with Crippen LogP contribution in [0.15, 0.2) is 49.6 Å². The SMILES string of the molecule is C=CC(=O)OOC(=O)/C(OC(=O)C=C)=C(/NC(N)=O)OC(=O)C=C. The van der Waals surface area contributed by atoms with Crippen LogP contribution in [0.5, 0.6) is 0 Å². The molecule has 3 N–H and O–H groups in total. The third-order valence-electron chi connectivity index (χ3n) is 1.73. The number of primary amides is 1. The smallest absolute Gasteiger partial charge is 0.410 e. The van der Waals surface area contributed by atoms with E-state index in [2.05, 4.69) is 39.0 Å². The van der Waals surface area contributed by atoms with E-state index < -0.39 is 41.6 Å². The largest absolute Gasteiger partial charge is 0.426 e. The van der Waals surface area contributed by atoms with E-state index in [1.54, 1.807) is 5.32 Å². The van der Waals surface area contributed by atoms with Crippen LogP contribution in [0, 0.1) is 0 Å². The van der Waals surface area contributed by atoms with E-state index >= 15 is 0 Å². The highest BCUT2D eigenvalue weighted by Crippen LogP contribution is 2.10. The van der Waals surface area contributed by atoms with Gasteiger partial charge in [-0.15, -0.1) is 0 Å². The summed E-state index contributed by atoms with van der Waals surface area (Å²) in [5.74, 6) is -7.31. The second-order valence-corrected chi connectivity index (χ2v) is 3.38. The summed E-state index contributed by atoms with van der Waals surface area (Å²) in [6.07, 6.45) is 1.96. The molecule has 0 heterocycles. The van der Waals surface area contributed by atoms with Crippen LogP contribution in [0.3, 0.4) is 0 Å². The van der Waals surface area contributed by atoms with Gasteiger partial charge < -0.3 is 15.2 Å². The van der Waals surface area contributed by atoms with Gasteiger partial charge in [0.2, 0.25) is 0 Å². The summed E-state index contributed by atoms with van der Waals surface area (Å²) in [4.78, 5) is 64.1. The number of urea groups is 1. The molecule has 0 bridgehead atoms. The van der Waals surface area contributed by atoms with Gasteiger partial charge in [-0.05, 0) is 0 Å². The quantitative estimate of drug-likeness (QED) is 0.204. The summed E-state index contributed by atoms with van der Waals surface area (Å²) in [6, 6.07) is -1.29. The highest BCUT2D eigenvalue weighted by molar-refractivity contribution is 5.94. The summed E-state index contributed by atoms with van der Waals surface area (Å²) >= 11 is 0. The van der Waals surface area contributed by atoms with Crippen molar-refractivity contribution in [2.75, 3.05) is 0 Å². The highest BCUT2D eigenvalue weighted by Gasteiger charge is 2.27. The maximum absolute atomic E-state index is 11.8. The minimum absolute atomic E-state index is 0.639. The van der Waals surface area contributed by atoms with Crippen LogP contribution >= 0.6 is 0 Å². The lowest BCUT2D eigenvalue weighted by molar-refractivity contribution is -0.253. The molecule has 128 valence electrons. The number of ether oxygens (including phenoxy) is 2. The van der Waals surface area contributed by atoms with E-state index in [1.807, 2.05) is 0 Å². The van der Waals surface area contributed by atoms with E-state index in [0.717, 1.165) is 0 Å². The van der Waals surface area contributed by atoms with Crippen LogP contribution in [-0.4, -0.2) is 29.9 Å². The van der Waals surface area contributed by atoms with Gasteiger partial charge in [0.05, 0.1) is 0 Å². The van der Waals surface area contributed by atoms with Gasteiger partial charge in [0.1, 0.15) is 0 Å². The number of carbonyl (C=O) groups excluding carboxylic acids is 5. The second kappa shape index (κ2) is 9.94.